The molecule has 0 atom stereocenters. The smallest absolute Gasteiger partial charge is 0.0618 e. The van der Waals surface area contributed by atoms with E-state index in [0.29, 0.717) is 16.0 Å². The van der Waals surface area contributed by atoms with Crippen LogP contribution in [0.1, 0.15) is 37.7 Å². The topological polar surface area (TPSA) is 0 Å². The molecule has 1 aromatic carbocycles. The van der Waals surface area contributed by atoms with Gasteiger partial charge in [-0.1, -0.05) is 60.4 Å². The fourth-order valence-electron chi connectivity index (χ4n) is 2.04. The Labute approximate surface area is 107 Å². The molecule has 1 aliphatic carbocycles. The number of rotatable bonds is 0. The summed E-state index contributed by atoms with van der Waals surface area (Å²) in [5.41, 5.74) is 0.774. The summed E-state index contributed by atoms with van der Waals surface area (Å²) in [5, 5.41) is 1.30. The van der Waals surface area contributed by atoms with Crippen LogP contribution in [-0.2, 0) is 0 Å². The van der Waals surface area contributed by atoms with Crippen molar-refractivity contribution in [1.82, 2.24) is 0 Å². The Morgan fingerprint density at radius 1 is 1.00 bits per heavy atom. The fourth-order valence-corrected chi connectivity index (χ4v) is 2.53. The summed E-state index contributed by atoms with van der Waals surface area (Å²) in [6.07, 6.45) is 6.39. The number of halogens is 2. The molecule has 84 valence electrons. The third-order valence-corrected chi connectivity index (χ3v) is 3.60. The lowest BCUT2D eigenvalue weighted by atomic mass is 9.90. The monoisotopic (exact) mass is 252 g/mol. The zero-order chi connectivity index (χ0) is 11.4. The number of hydrogen-bond donors (Lipinski definition) is 0. The Kier molecular flexibility index (Phi) is 4.16. The predicted molar refractivity (Wildman–Crippen MR) is 69.9 cm³/mol. The van der Waals surface area contributed by atoms with Crippen molar-refractivity contribution >= 4 is 23.2 Å². The summed E-state index contributed by atoms with van der Waals surface area (Å²) in [6, 6.07) is 5.51. The average molecular weight is 253 g/mol. The van der Waals surface area contributed by atoms with Crippen LogP contribution < -0.4 is 0 Å². The van der Waals surface area contributed by atoms with Crippen LogP contribution in [0, 0.1) is 17.8 Å². The van der Waals surface area contributed by atoms with Crippen LogP contribution in [0.15, 0.2) is 18.2 Å². The Hall–Kier alpha value is -0.640. The molecule has 0 heterocycles. The zero-order valence-electron chi connectivity index (χ0n) is 9.10. The van der Waals surface area contributed by atoms with E-state index in [1.54, 1.807) is 0 Å². The molecular formula is C14H14Cl2. The normalized spacial score (nSPS) is 16.6. The van der Waals surface area contributed by atoms with Gasteiger partial charge in [-0.2, -0.15) is 0 Å². The molecule has 0 N–H and O–H groups in total. The minimum Gasteiger partial charge on any atom is -0.0944 e. The van der Waals surface area contributed by atoms with Gasteiger partial charge < -0.3 is 0 Å². The predicted octanol–water partition coefficient (Wildman–Crippen LogP) is 4.93. The van der Waals surface area contributed by atoms with Crippen LogP contribution >= 0.6 is 23.2 Å². The maximum Gasteiger partial charge on any atom is 0.0618 e. The summed E-state index contributed by atoms with van der Waals surface area (Å²) in [6.45, 7) is 0. The Balaban J connectivity index is 2.16. The van der Waals surface area contributed by atoms with E-state index in [4.69, 9.17) is 23.2 Å². The van der Waals surface area contributed by atoms with Crippen molar-refractivity contribution in [3.8, 4) is 11.8 Å². The first-order chi connectivity index (χ1) is 7.77. The highest BCUT2D eigenvalue weighted by Crippen LogP contribution is 2.25. The summed E-state index contributed by atoms with van der Waals surface area (Å²) in [5.74, 6) is 6.97. The number of hydrogen-bond acceptors (Lipinski definition) is 0. The Bertz CT molecular complexity index is 400. The molecule has 0 saturated heterocycles. The SMILES string of the molecule is Clc1cccc(Cl)c1C#CC1CCCCC1. The van der Waals surface area contributed by atoms with Gasteiger partial charge in [-0.25, -0.2) is 0 Å². The number of benzene rings is 1. The van der Waals surface area contributed by atoms with Crippen molar-refractivity contribution in [2.45, 2.75) is 32.1 Å². The first-order valence-corrected chi connectivity index (χ1v) is 6.48. The van der Waals surface area contributed by atoms with Gasteiger partial charge in [0.05, 0.1) is 15.6 Å². The van der Waals surface area contributed by atoms with Crippen LogP contribution in [0.2, 0.25) is 10.0 Å². The molecule has 1 saturated carbocycles. The van der Waals surface area contributed by atoms with E-state index in [1.165, 1.54) is 32.1 Å². The fraction of sp³-hybridized carbons (Fsp3) is 0.429. The standard InChI is InChI=1S/C14H14Cl2/c15-13-7-4-8-14(16)12(13)10-9-11-5-2-1-3-6-11/h4,7-8,11H,1-3,5-6H2. The van der Waals surface area contributed by atoms with Crippen molar-refractivity contribution in [2.24, 2.45) is 5.92 Å². The third kappa shape index (κ3) is 2.94. The van der Waals surface area contributed by atoms with Crippen LogP contribution in [0.25, 0.3) is 0 Å². The van der Waals surface area contributed by atoms with Crippen LogP contribution in [-0.4, -0.2) is 0 Å². The molecule has 1 aromatic rings. The largest absolute Gasteiger partial charge is 0.0944 e. The van der Waals surface area contributed by atoms with E-state index < -0.39 is 0 Å². The molecule has 0 aliphatic heterocycles. The molecule has 0 bridgehead atoms. The van der Waals surface area contributed by atoms with Gasteiger partial charge in [-0.3, -0.25) is 0 Å². The van der Waals surface area contributed by atoms with Gasteiger partial charge in [0, 0.05) is 5.92 Å². The minimum absolute atomic E-state index is 0.529. The Morgan fingerprint density at radius 3 is 2.25 bits per heavy atom. The van der Waals surface area contributed by atoms with E-state index in [0.717, 1.165) is 5.56 Å². The highest BCUT2D eigenvalue weighted by atomic mass is 35.5. The first kappa shape index (κ1) is 11.8. The molecule has 1 fully saturated rings. The lowest BCUT2D eigenvalue weighted by molar-refractivity contribution is 0.430. The molecule has 2 heteroatoms. The van der Waals surface area contributed by atoms with Gasteiger partial charge in [0.25, 0.3) is 0 Å². The van der Waals surface area contributed by atoms with Crippen LogP contribution in [0.3, 0.4) is 0 Å². The molecule has 0 radical (unpaired) electrons. The quantitative estimate of drug-likeness (QED) is 0.575. The summed E-state index contributed by atoms with van der Waals surface area (Å²) in [7, 11) is 0. The lowest BCUT2D eigenvalue weighted by Gasteiger charge is -2.15. The van der Waals surface area contributed by atoms with E-state index in [2.05, 4.69) is 11.8 Å². The van der Waals surface area contributed by atoms with Gasteiger partial charge in [-0.05, 0) is 25.0 Å². The van der Waals surface area contributed by atoms with Crippen LogP contribution in [0.4, 0.5) is 0 Å². The lowest BCUT2D eigenvalue weighted by Crippen LogP contribution is -2.03. The van der Waals surface area contributed by atoms with E-state index in [9.17, 15) is 0 Å². The van der Waals surface area contributed by atoms with Gasteiger partial charge in [0.2, 0.25) is 0 Å². The Morgan fingerprint density at radius 2 is 1.62 bits per heavy atom. The molecule has 0 amide bonds. The highest BCUT2D eigenvalue weighted by molar-refractivity contribution is 6.36. The van der Waals surface area contributed by atoms with Crippen molar-refractivity contribution in [3.05, 3.63) is 33.8 Å². The summed E-state index contributed by atoms with van der Waals surface area (Å²) in [4.78, 5) is 0. The third-order valence-electron chi connectivity index (χ3n) is 2.97. The minimum atomic E-state index is 0.529. The maximum atomic E-state index is 6.06. The molecule has 1 aliphatic rings. The van der Waals surface area contributed by atoms with Gasteiger partial charge in [-0.15, -0.1) is 0 Å². The van der Waals surface area contributed by atoms with Gasteiger partial charge >= 0.3 is 0 Å². The van der Waals surface area contributed by atoms with Crippen molar-refractivity contribution < 1.29 is 0 Å². The molecule has 0 nitrogen and oxygen atoms in total. The molecular weight excluding hydrogens is 239 g/mol. The van der Waals surface area contributed by atoms with Gasteiger partial charge in [0.15, 0.2) is 0 Å². The summed E-state index contributed by atoms with van der Waals surface area (Å²) >= 11 is 12.1. The summed E-state index contributed by atoms with van der Waals surface area (Å²) < 4.78 is 0. The maximum absolute atomic E-state index is 6.06. The first-order valence-electron chi connectivity index (χ1n) is 5.73. The molecule has 0 unspecified atom stereocenters. The molecule has 0 aromatic heterocycles. The molecule has 0 spiro atoms. The second-order valence-corrected chi connectivity index (χ2v) is 5.02. The van der Waals surface area contributed by atoms with Gasteiger partial charge in [0.1, 0.15) is 0 Å². The van der Waals surface area contributed by atoms with Crippen molar-refractivity contribution in [2.75, 3.05) is 0 Å². The van der Waals surface area contributed by atoms with Crippen molar-refractivity contribution in [3.63, 3.8) is 0 Å². The van der Waals surface area contributed by atoms with Crippen molar-refractivity contribution in [1.29, 1.82) is 0 Å². The zero-order valence-corrected chi connectivity index (χ0v) is 10.6. The van der Waals surface area contributed by atoms with Crippen LogP contribution in [0.5, 0.6) is 0 Å². The second-order valence-electron chi connectivity index (χ2n) is 4.20. The highest BCUT2D eigenvalue weighted by Gasteiger charge is 2.10. The average Bonchev–Trinajstić information content (AvgIpc) is 2.30. The van der Waals surface area contributed by atoms with E-state index >= 15 is 0 Å². The second kappa shape index (κ2) is 5.62. The molecule has 2 rings (SSSR count). The molecule has 16 heavy (non-hydrogen) atoms. The van der Waals surface area contributed by atoms with E-state index in [1.807, 2.05) is 18.2 Å². The van der Waals surface area contributed by atoms with E-state index in [-0.39, 0.29) is 0 Å².